The second kappa shape index (κ2) is 13.0. The molecule has 12 heteroatoms. The number of aromatic nitrogens is 2. The predicted molar refractivity (Wildman–Crippen MR) is 172 cm³/mol. The van der Waals surface area contributed by atoms with Crippen molar-refractivity contribution in [3.63, 3.8) is 0 Å². The number of rotatable bonds is 9. The molecule has 4 aromatic rings. The highest BCUT2D eigenvalue weighted by atomic mass is 32.1. The first-order valence-electron chi connectivity index (χ1n) is 14.3. The van der Waals surface area contributed by atoms with Gasteiger partial charge in [-0.15, -0.1) is 0 Å². The van der Waals surface area contributed by atoms with Gasteiger partial charge < -0.3 is 25.2 Å². The Bertz CT molecular complexity index is 1640. The molecule has 2 aliphatic heterocycles. The van der Waals surface area contributed by atoms with Crippen LogP contribution in [0.5, 0.6) is 5.75 Å². The minimum atomic E-state index is -0.308. The SMILES string of the molecule is C=CC(=O)Nc1cc(Nc2cc(N3OCCC3c3cc(F)cc(-c4ccsc4)c3)ncn2)c(OC)cc1N1CCN(C)CC1. The van der Waals surface area contributed by atoms with Crippen molar-refractivity contribution in [1.29, 1.82) is 0 Å². The number of hydrogen-bond acceptors (Lipinski definition) is 10. The van der Waals surface area contributed by atoms with E-state index < -0.39 is 0 Å². The number of halogens is 1. The highest BCUT2D eigenvalue weighted by Gasteiger charge is 2.30. The van der Waals surface area contributed by atoms with Gasteiger partial charge in [0.2, 0.25) is 5.91 Å². The van der Waals surface area contributed by atoms with E-state index in [4.69, 9.17) is 9.57 Å². The molecule has 1 atom stereocenters. The van der Waals surface area contributed by atoms with Crippen LogP contribution >= 0.6 is 11.3 Å². The fourth-order valence-electron chi connectivity index (χ4n) is 5.50. The van der Waals surface area contributed by atoms with Crippen molar-refractivity contribution in [1.82, 2.24) is 14.9 Å². The molecule has 2 saturated heterocycles. The maximum Gasteiger partial charge on any atom is 0.247 e. The maximum atomic E-state index is 14.7. The van der Waals surface area contributed by atoms with Crippen LogP contribution in [0.25, 0.3) is 11.1 Å². The van der Waals surface area contributed by atoms with Gasteiger partial charge in [-0.1, -0.05) is 6.58 Å². The van der Waals surface area contributed by atoms with Crippen molar-refractivity contribution in [2.75, 3.05) is 67.5 Å². The number of benzene rings is 2. The summed E-state index contributed by atoms with van der Waals surface area (Å²) < 4.78 is 20.5. The van der Waals surface area contributed by atoms with Gasteiger partial charge in [0.05, 0.1) is 36.8 Å². The fraction of sp³-hybridized carbons (Fsp3) is 0.281. The number of piperazine rings is 1. The maximum absolute atomic E-state index is 14.7. The summed E-state index contributed by atoms with van der Waals surface area (Å²) in [5.41, 5.74) is 4.71. The number of methoxy groups -OCH3 is 1. The number of anilines is 5. The van der Waals surface area contributed by atoms with Crippen LogP contribution < -0.4 is 25.3 Å². The Labute approximate surface area is 259 Å². The molecule has 2 aromatic heterocycles. The molecule has 1 unspecified atom stereocenters. The molecule has 2 aliphatic rings. The third-order valence-corrected chi connectivity index (χ3v) is 8.49. The average molecular weight is 616 g/mol. The van der Waals surface area contributed by atoms with Crippen molar-refractivity contribution >= 4 is 45.9 Å². The zero-order chi connectivity index (χ0) is 30.6. The summed E-state index contributed by atoms with van der Waals surface area (Å²) in [6.45, 7) is 7.52. The number of carbonyl (C=O) groups excluding carboxylic acids is 1. The molecule has 10 nitrogen and oxygen atoms in total. The van der Waals surface area contributed by atoms with Gasteiger partial charge in [0, 0.05) is 44.7 Å². The number of hydrogen-bond donors (Lipinski definition) is 2. The number of carbonyl (C=O) groups is 1. The molecule has 0 spiro atoms. The molecule has 44 heavy (non-hydrogen) atoms. The average Bonchev–Trinajstić information content (AvgIpc) is 3.75. The third-order valence-electron chi connectivity index (χ3n) is 7.81. The predicted octanol–water partition coefficient (Wildman–Crippen LogP) is 5.86. The number of likely N-dealkylation sites (N-methyl/N-ethyl adjacent to an activating group) is 1. The minimum Gasteiger partial charge on any atom is -0.494 e. The summed E-state index contributed by atoms with van der Waals surface area (Å²) >= 11 is 1.57. The first-order chi connectivity index (χ1) is 21.4. The van der Waals surface area contributed by atoms with Crippen LogP contribution in [-0.4, -0.2) is 67.7 Å². The number of nitrogens with zero attached hydrogens (tertiary/aromatic N) is 5. The van der Waals surface area contributed by atoms with E-state index in [2.05, 4.69) is 44.0 Å². The van der Waals surface area contributed by atoms with E-state index in [0.717, 1.165) is 48.6 Å². The lowest BCUT2D eigenvalue weighted by Crippen LogP contribution is -2.44. The summed E-state index contributed by atoms with van der Waals surface area (Å²) in [6.07, 6.45) is 3.37. The molecule has 2 aromatic carbocycles. The molecule has 2 fully saturated rings. The Morgan fingerprint density at radius 1 is 1.11 bits per heavy atom. The van der Waals surface area contributed by atoms with Gasteiger partial charge in [-0.3, -0.25) is 9.63 Å². The van der Waals surface area contributed by atoms with Crippen molar-refractivity contribution in [2.45, 2.75) is 12.5 Å². The minimum absolute atomic E-state index is 0.232. The van der Waals surface area contributed by atoms with E-state index in [1.54, 1.807) is 41.7 Å². The highest BCUT2D eigenvalue weighted by molar-refractivity contribution is 7.08. The number of thiophene rings is 1. The van der Waals surface area contributed by atoms with Gasteiger partial charge in [-0.05, 0) is 70.9 Å². The standard InChI is InChI=1S/C32H34FN7O3S/c1-4-32(41)37-25-16-26(29(42-3)17-28(25)39-9-7-38(2)8-10-39)36-30-18-31(35-20-34-30)40-27(5-11-43-40)23-13-22(14-24(33)15-23)21-6-12-44-19-21/h4,6,12-20,27H,1,5,7-11H2,2-3H3,(H,37,41)(H,34,35,36). The Morgan fingerprint density at radius 3 is 2.70 bits per heavy atom. The van der Waals surface area contributed by atoms with E-state index in [-0.39, 0.29) is 17.8 Å². The molecule has 6 rings (SSSR count). The van der Waals surface area contributed by atoms with Crippen molar-refractivity contribution in [3.05, 3.63) is 83.6 Å². The zero-order valence-corrected chi connectivity index (χ0v) is 25.4. The first-order valence-corrected chi connectivity index (χ1v) is 15.3. The van der Waals surface area contributed by atoms with Crippen LogP contribution in [0, 0.1) is 5.82 Å². The topological polar surface area (TPSA) is 95.1 Å². The molecular formula is C32H34FN7O3S. The van der Waals surface area contributed by atoms with E-state index in [0.29, 0.717) is 41.8 Å². The van der Waals surface area contributed by atoms with Crippen LogP contribution in [0.3, 0.4) is 0 Å². The number of nitrogens with one attached hydrogen (secondary N) is 2. The Balaban J connectivity index is 1.29. The molecule has 4 heterocycles. The molecule has 0 aliphatic carbocycles. The monoisotopic (exact) mass is 615 g/mol. The lowest BCUT2D eigenvalue weighted by molar-refractivity contribution is -0.111. The summed E-state index contributed by atoms with van der Waals surface area (Å²) in [5, 5.41) is 12.0. The van der Waals surface area contributed by atoms with Crippen molar-refractivity contribution < 1.29 is 18.8 Å². The van der Waals surface area contributed by atoms with Crippen LogP contribution in [0.1, 0.15) is 18.0 Å². The molecule has 0 radical (unpaired) electrons. The molecule has 0 bridgehead atoms. The number of hydroxylamine groups is 1. The summed E-state index contributed by atoms with van der Waals surface area (Å²) in [7, 11) is 3.70. The van der Waals surface area contributed by atoms with Crippen LogP contribution in [-0.2, 0) is 9.63 Å². The molecule has 0 saturated carbocycles. The Morgan fingerprint density at radius 2 is 1.95 bits per heavy atom. The van der Waals surface area contributed by atoms with Crippen LogP contribution in [0.2, 0.25) is 0 Å². The van der Waals surface area contributed by atoms with E-state index in [1.807, 2.05) is 35.0 Å². The van der Waals surface area contributed by atoms with Crippen LogP contribution in [0.4, 0.5) is 33.1 Å². The van der Waals surface area contributed by atoms with Gasteiger partial charge in [0.25, 0.3) is 0 Å². The lowest BCUT2D eigenvalue weighted by atomic mass is 9.99. The summed E-state index contributed by atoms with van der Waals surface area (Å²) in [4.78, 5) is 31.8. The first kappa shape index (κ1) is 29.5. The summed E-state index contributed by atoms with van der Waals surface area (Å²) in [6, 6.07) is 12.4. The number of amides is 1. The van der Waals surface area contributed by atoms with E-state index >= 15 is 0 Å². The lowest BCUT2D eigenvalue weighted by Gasteiger charge is -2.35. The van der Waals surface area contributed by atoms with E-state index in [9.17, 15) is 9.18 Å². The quantitative estimate of drug-likeness (QED) is 0.225. The molecule has 2 N–H and O–H groups in total. The molecule has 1 amide bonds. The smallest absolute Gasteiger partial charge is 0.247 e. The van der Waals surface area contributed by atoms with Gasteiger partial charge in [-0.25, -0.2) is 19.4 Å². The van der Waals surface area contributed by atoms with Gasteiger partial charge >= 0.3 is 0 Å². The van der Waals surface area contributed by atoms with E-state index in [1.165, 1.54) is 12.4 Å². The Kier molecular flexibility index (Phi) is 8.73. The number of ether oxygens (including phenoxy) is 1. The largest absolute Gasteiger partial charge is 0.494 e. The van der Waals surface area contributed by atoms with Crippen molar-refractivity contribution in [3.8, 4) is 16.9 Å². The summed E-state index contributed by atoms with van der Waals surface area (Å²) in [5.74, 6) is 1.00. The molecular weight excluding hydrogens is 581 g/mol. The third kappa shape index (κ3) is 6.37. The molecule has 228 valence electrons. The van der Waals surface area contributed by atoms with Gasteiger partial charge in [0.1, 0.15) is 23.7 Å². The van der Waals surface area contributed by atoms with Crippen LogP contribution in [0.15, 0.2) is 72.2 Å². The normalized spacial score (nSPS) is 17.0. The van der Waals surface area contributed by atoms with Gasteiger partial charge in [0.15, 0.2) is 5.82 Å². The van der Waals surface area contributed by atoms with Gasteiger partial charge in [-0.2, -0.15) is 11.3 Å². The fourth-order valence-corrected chi connectivity index (χ4v) is 6.17. The van der Waals surface area contributed by atoms with Crippen molar-refractivity contribution in [2.24, 2.45) is 0 Å². The highest BCUT2D eigenvalue weighted by Crippen LogP contribution is 2.40. The Hall–Kier alpha value is -4.52. The second-order valence-electron chi connectivity index (χ2n) is 10.7. The zero-order valence-electron chi connectivity index (χ0n) is 24.6. The second-order valence-corrected chi connectivity index (χ2v) is 11.5.